The minimum atomic E-state index is 0.470. The number of halogens is 2. The van der Waals surface area contributed by atoms with E-state index in [0.29, 0.717) is 19.1 Å². The number of ether oxygens (including phenoxy) is 2. The van der Waals surface area contributed by atoms with Gasteiger partial charge in [-0.3, -0.25) is 0 Å². The molecule has 2 rings (SSSR count). The van der Waals surface area contributed by atoms with E-state index in [1.807, 2.05) is 25.1 Å². The molecule has 2 nitrogen and oxygen atoms in total. The third-order valence-corrected chi connectivity index (χ3v) is 3.80. The predicted molar refractivity (Wildman–Crippen MR) is 90.7 cm³/mol. The van der Waals surface area contributed by atoms with Crippen molar-refractivity contribution in [2.45, 2.75) is 19.4 Å². The van der Waals surface area contributed by atoms with Gasteiger partial charge in [0.05, 0.1) is 6.61 Å². The zero-order valence-corrected chi connectivity index (χ0v) is 14.1. The fourth-order valence-corrected chi connectivity index (χ4v) is 2.29. The third-order valence-electron chi connectivity index (χ3n) is 2.77. The third kappa shape index (κ3) is 4.28. The monoisotopic (exact) mass is 402 g/mol. The summed E-state index contributed by atoms with van der Waals surface area (Å²) in [6, 6.07) is 14.1. The van der Waals surface area contributed by atoms with E-state index in [1.54, 1.807) is 0 Å². The molecule has 0 atom stereocenters. The Balaban J connectivity index is 2.09. The van der Waals surface area contributed by atoms with Crippen LogP contribution in [0.3, 0.4) is 0 Å². The molecule has 0 bridgehead atoms. The lowest BCUT2D eigenvalue weighted by atomic mass is 10.2. The Kier molecular flexibility index (Phi) is 5.98. The molecule has 0 radical (unpaired) electrons. The summed E-state index contributed by atoms with van der Waals surface area (Å²) >= 11 is 8.13. The van der Waals surface area contributed by atoms with Crippen molar-refractivity contribution in [2.24, 2.45) is 0 Å². The van der Waals surface area contributed by atoms with Crippen LogP contribution < -0.4 is 9.47 Å². The molecule has 0 saturated carbocycles. The average molecular weight is 403 g/mol. The summed E-state index contributed by atoms with van der Waals surface area (Å²) in [6.45, 7) is 3.08. The van der Waals surface area contributed by atoms with Gasteiger partial charge < -0.3 is 9.47 Å². The Morgan fingerprint density at radius 3 is 2.30 bits per heavy atom. The van der Waals surface area contributed by atoms with Gasteiger partial charge in [-0.2, -0.15) is 0 Å². The molecule has 0 N–H and O–H groups in total. The maximum atomic E-state index is 5.84. The van der Waals surface area contributed by atoms with E-state index in [0.717, 1.165) is 22.6 Å². The molecule has 20 heavy (non-hydrogen) atoms. The molecule has 0 aliphatic heterocycles. The van der Waals surface area contributed by atoms with E-state index >= 15 is 0 Å². The van der Waals surface area contributed by atoms with Gasteiger partial charge in [0.15, 0.2) is 11.5 Å². The smallest absolute Gasteiger partial charge is 0.161 e. The normalized spacial score (nSPS) is 10.3. The first-order valence-electron chi connectivity index (χ1n) is 6.42. The van der Waals surface area contributed by atoms with Gasteiger partial charge in [-0.1, -0.05) is 18.2 Å². The molecule has 0 amide bonds. The second-order valence-corrected chi connectivity index (χ2v) is 5.78. The van der Waals surface area contributed by atoms with Crippen LogP contribution in [0.2, 0.25) is 0 Å². The summed E-state index contributed by atoms with van der Waals surface area (Å²) in [7, 11) is 0. The van der Waals surface area contributed by atoms with Gasteiger partial charge in [-0.15, -0.1) is 11.6 Å². The molecule has 0 heterocycles. The van der Waals surface area contributed by atoms with Crippen molar-refractivity contribution in [1.82, 2.24) is 0 Å². The molecule has 0 saturated heterocycles. The SMILES string of the molecule is CCOc1cc(CCl)ccc1OCc1ccc(I)cc1. The number of alkyl halides is 1. The zero-order chi connectivity index (χ0) is 14.4. The van der Waals surface area contributed by atoms with Gasteiger partial charge in [0.25, 0.3) is 0 Å². The number of benzene rings is 2. The molecule has 0 aromatic heterocycles. The van der Waals surface area contributed by atoms with Gasteiger partial charge in [0, 0.05) is 9.45 Å². The van der Waals surface area contributed by atoms with Crippen LogP contribution >= 0.6 is 34.2 Å². The summed E-state index contributed by atoms with van der Waals surface area (Å²) < 4.78 is 12.7. The standard InChI is InChI=1S/C16H16ClIO2/c1-2-19-16-9-13(10-17)5-8-15(16)20-11-12-3-6-14(18)7-4-12/h3-9H,2,10-11H2,1H3. The molecular formula is C16H16ClIO2. The Morgan fingerprint density at radius 2 is 1.65 bits per heavy atom. The van der Waals surface area contributed by atoms with E-state index in [4.69, 9.17) is 21.1 Å². The second-order valence-electron chi connectivity index (χ2n) is 4.26. The molecule has 0 unspecified atom stereocenters. The Bertz CT molecular complexity index is 555. The van der Waals surface area contributed by atoms with Gasteiger partial charge in [0.2, 0.25) is 0 Å². The van der Waals surface area contributed by atoms with Gasteiger partial charge in [0.1, 0.15) is 6.61 Å². The molecule has 0 fully saturated rings. The van der Waals surface area contributed by atoms with Crippen molar-refractivity contribution in [3.05, 3.63) is 57.2 Å². The van der Waals surface area contributed by atoms with Crippen molar-refractivity contribution < 1.29 is 9.47 Å². The van der Waals surface area contributed by atoms with E-state index in [2.05, 4.69) is 46.9 Å². The van der Waals surface area contributed by atoms with Crippen molar-refractivity contribution in [3.8, 4) is 11.5 Å². The van der Waals surface area contributed by atoms with Crippen LogP contribution in [-0.4, -0.2) is 6.61 Å². The fraction of sp³-hybridized carbons (Fsp3) is 0.250. The van der Waals surface area contributed by atoms with E-state index in [-0.39, 0.29) is 0 Å². The molecule has 0 spiro atoms. The lowest BCUT2D eigenvalue weighted by Gasteiger charge is -2.13. The Hall–Kier alpha value is -0.940. The van der Waals surface area contributed by atoms with Gasteiger partial charge >= 0.3 is 0 Å². The minimum absolute atomic E-state index is 0.470. The van der Waals surface area contributed by atoms with Crippen molar-refractivity contribution in [1.29, 1.82) is 0 Å². The van der Waals surface area contributed by atoms with Crippen molar-refractivity contribution >= 4 is 34.2 Å². The second kappa shape index (κ2) is 7.74. The molecule has 106 valence electrons. The number of hydrogen-bond donors (Lipinski definition) is 0. The summed E-state index contributed by atoms with van der Waals surface area (Å²) in [6.07, 6.45) is 0. The van der Waals surface area contributed by atoms with E-state index in [1.165, 1.54) is 3.57 Å². The highest BCUT2D eigenvalue weighted by Gasteiger charge is 2.06. The molecule has 0 aliphatic carbocycles. The summed E-state index contributed by atoms with van der Waals surface area (Å²) in [5.74, 6) is 1.97. The molecule has 2 aromatic carbocycles. The summed E-state index contributed by atoms with van der Waals surface area (Å²) in [5, 5.41) is 0. The van der Waals surface area contributed by atoms with E-state index < -0.39 is 0 Å². The quantitative estimate of drug-likeness (QED) is 0.500. The molecular weight excluding hydrogens is 387 g/mol. The van der Waals surface area contributed by atoms with Gasteiger partial charge in [-0.25, -0.2) is 0 Å². The zero-order valence-electron chi connectivity index (χ0n) is 11.2. The number of hydrogen-bond acceptors (Lipinski definition) is 2. The first-order valence-corrected chi connectivity index (χ1v) is 8.03. The lowest BCUT2D eigenvalue weighted by molar-refractivity contribution is 0.269. The Morgan fingerprint density at radius 1 is 0.950 bits per heavy atom. The molecule has 0 aliphatic rings. The van der Waals surface area contributed by atoms with Crippen LogP contribution in [0.25, 0.3) is 0 Å². The topological polar surface area (TPSA) is 18.5 Å². The summed E-state index contributed by atoms with van der Waals surface area (Å²) in [5.41, 5.74) is 2.16. The van der Waals surface area contributed by atoms with Crippen LogP contribution in [-0.2, 0) is 12.5 Å². The number of rotatable bonds is 6. The lowest BCUT2D eigenvalue weighted by Crippen LogP contribution is -2.00. The molecule has 4 heteroatoms. The van der Waals surface area contributed by atoms with E-state index in [9.17, 15) is 0 Å². The maximum Gasteiger partial charge on any atom is 0.161 e. The maximum absolute atomic E-state index is 5.84. The first-order chi connectivity index (χ1) is 9.72. The van der Waals surface area contributed by atoms with Crippen LogP contribution in [0, 0.1) is 3.57 Å². The minimum Gasteiger partial charge on any atom is -0.490 e. The van der Waals surface area contributed by atoms with Gasteiger partial charge in [-0.05, 0) is 64.9 Å². The Labute approximate surface area is 138 Å². The highest BCUT2D eigenvalue weighted by atomic mass is 127. The highest BCUT2D eigenvalue weighted by Crippen LogP contribution is 2.29. The first kappa shape index (κ1) is 15.4. The van der Waals surface area contributed by atoms with Crippen molar-refractivity contribution in [3.63, 3.8) is 0 Å². The van der Waals surface area contributed by atoms with Crippen LogP contribution in [0.15, 0.2) is 42.5 Å². The fourth-order valence-electron chi connectivity index (χ4n) is 1.76. The van der Waals surface area contributed by atoms with Crippen LogP contribution in [0.4, 0.5) is 0 Å². The van der Waals surface area contributed by atoms with Crippen LogP contribution in [0.1, 0.15) is 18.1 Å². The van der Waals surface area contributed by atoms with Crippen LogP contribution in [0.5, 0.6) is 11.5 Å². The summed E-state index contributed by atoms with van der Waals surface area (Å²) in [4.78, 5) is 0. The van der Waals surface area contributed by atoms with Crippen molar-refractivity contribution in [2.75, 3.05) is 6.61 Å². The molecule has 2 aromatic rings. The predicted octanol–water partition coefficient (Wildman–Crippen LogP) is 5.01. The highest BCUT2D eigenvalue weighted by molar-refractivity contribution is 14.1. The average Bonchev–Trinajstić information content (AvgIpc) is 2.48. The largest absolute Gasteiger partial charge is 0.490 e.